The predicted octanol–water partition coefficient (Wildman–Crippen LogP) is 1.73. The number of pyridine rings is 2. The van der Waals surface area contributed by atoms with Crippen LogP contribution in [0, 0.1) is 0 Å². The van der Waals surface area contributed by atoms with Crippen LogP contribution in [-0.2, 0) is 0 Å². The Morgan fingerprint density at radius 2 is 2.07 bits per heavy atom. The fourth-order valence-corrected chi connectivity index (χ4v) is 1.32. The van der Waals surface area contributed by atoms with E-state index in [-0.39, 0.29) is 0 Å². The molecule has 76 valence electrons. The Balaban J connectivity index is 2.49. The highest BCUT2D eigenvalue weighted by Crippen LogP contribution is 2.26. The van der Waals surface area contributed by atoms with Crippen LogP contribution in [0.4, 0.5) is 5.69 Å². The summed E-state index contributed by atoms with van der Waals surface area (Å²) in [6.07, 6.45) is 6.75. The smallest absolute Gasteiger partial charge is 0.137 e. The van der Waals surface area contributed by atoms with E-state index in [1.54, 1.807) is 38.0 Å². The Kier molecular flexibility index (Phi) is 2.49. The molecule has 0 atom stereocenters. The second kappa shape index (κ2) is 3.96. The van der Waals surface area contributed by atoms with Crippen molar-refractivity contribution >= 4 is 5.69 Å². The van der Waals surface area contributed by atoms with Crippen LogP contribution in [0.1, 0.15) is 0 Å². The molecule has 0 radical (unpaired) electrons. The van der Waals surface area contributed by atoms with Crippen LogP contribution in [0.5, 0.6) is 5.75 Å². The Labute approximate surface area is 87.7 Å². The molecule has 0 amide bonds. The van der Waals surface area contributed by atoms with Gasteiger partial charge in [-0.2, -0.15) is 0 Å². The average Bonchev–Trinajstić information content (AvgIpc) is 2.30. The van der Waals surface area contributed by atoms with Gasteiger partial charge in [0.15, 0.2) is 0 Å². The molecule has 0 saturated carbocycles. The van der Waals surface area contributed by atoms with Crippen molar-refractivity contribution in [2.24, 2.45) is 0 Å². The van der Waals surface area contributed by atoms with Gasteiger partial charge in [-0.15, -0.1) is 0 Å². The lowest BCUT2D eigenvalue weighted by atomic mass is 10.1. The number of aromatic nitrogens is 2. The van der Waals surface area contributed by atoms with Crippen LogP contribution in [-0.4, -0.2) is 17.1 Å². The number of methoxy groups -OCH3 is 1. The largest absolute Gasteiger partial charge is 0.495 e. The summed E-state index contributed by atoms with van der Waals surface area (Å²) in [4.78, 5) is 8.09. The molecule has 4 heteroatoms. The van der Waals surface area contributed by atoms with E-state index in [0.717, 1.165) is 11.1 Å². The molecule has 4 nitrogen and oxygen atoms in total. The molecule has 0 aliphatic heterocycles. The molecule has 0 saturated heterocycles. The number of rotatable bonds is 2. The van der Waals surface area contributed by atoms with Crippen molar-refractivity contribution in [1.29, 1.82) is 0 Å². The van der Waals surface area contributed by atoms with Gasteiger partial charge in [-0.1, -0.05) is 0 Å². The Hall–Kier alpha value is -2.10. The highest BCUT2D eigenvalue weighted by molar-refractivity contribution is 5.75. The Morgan fingerprint density at radius 3 is 2.80 bits per heavy atom. The Bertz CT molecular complexity index is 471. The van der Waals surface area contributed by atoms with Gasteiger partial charge in [0.05, 0.1) is 13.3 Å². The van der Waals surface area contributed by atoms with Gasteiger partial charge in [-0.25, -0.2) is 0 Å². The first kappa shape index (κ1) is 9.45. The van der Waals surface area contributed by atoms with Gasteiger partial charge >= 0.3 is 0 Å². The molecule has 2 rings (SSSR count). The minimum absolute atomic E-state index is 0.681. The summed E-state index contributed by atoms with van der Waals surface area (Å²) in [5.74, 6) is 0.704. The number of hydrogen-bond donors (Lipinski definition) is 1. The zero-order chi connectivity index (χ0) is 10.7. The SMILES string of the molecule is COc1cncc(-c2cnccc2N)c1. The fraction of sp³-hybridized carbons (Fsp3) is 0.0909. The number of hydrogen-bond acceptors (Lipinski definition) is 4. The van der Waals surface area contributed by atoms with Crippen molar-refractivity contribution in [3.05, 3.63) is 36.9 Å². The molecule has 2 aromatic rings. The number of ether oxygens (including phenoxy) is 1. The molecule has 0 bridgehead atoms. The zero-order valence-electron chi connectivity index (χ0n) is 8.34. The van der Waals surface area contributed by atoms with E-state index in [1.807, 2.05) is 6.07 Å². The van der Waals surface area contributed by atoms with Gasteiger partial charge in [0, 0.05) is 35.4 Å². The van der Waals surface area contributed by atoms with E-state index in [0.29, 0.717) is 11.4 Å². The van der Waals surface area contributed by atoms with Crippen LogP contribution in [0.2, 0.25) is 0 Å². The first-order valence-corrected chi connectivity index (χ1v) is 4.50. The van der Waals surface area contributed by atoms with Crippen LogP contribution in [0.25, 0.3) is 11.1 Å². The molecule has 2 N–H and O–H groups in total. The molecular weight excluding hydrogens is 190 g/mol. The summed E-state index contributed by atoms with van der Waals surface area (Å²) < 4.78 is 5.09. The second-order valence-corrected chi connectivity index (χ2v) is 3.08. The highest BCUT2D eigenvalue weighted by atomic mass is 16.5. The molecule has 2 heterocycles. The maximum absolute atomic E-state index is 5.84. The number of anilines is 1. The molecule has 0 aliphatic carbocycles. The lowest BCUT2D eigenvalue weighted by Gasteiger charge is -2.05. The van der Waals surface area contributed by atoms with Gasteiger partial charge in [0.1, 0.15) is 5.75 Å². The summed E-state index contributed by atoms with van der Waals surface area (Å²) in [5.41, 5.74) is 8.28. The van der Waals surface area contributed by atoms with E-state index in [2.05, 4.69) is 9.97 Å². The lowest BCUT2D eigenvalue weighted by molar-refractivity contribution is 0.413. The van der Waals surface area contributed by atoms with Gasteiger partial charge in [-0.3, -0.25) is 9.97 Å². The minimum atomic E-state index is 0.681. The molecule has 2 aromatic heterocycles. The van der Waals surface area contributed by atoms with E-state index in [1.165, 1.54) is 0 Å². The van der Waals surface area contributed by atoms with Crippen LogP contribution < -0.4 is 10.5 Å². The average molecular weight is 201 g/mol. The molecule has 0 fully saturated rings. The molecule has 0 aliphatic rings. The molecule has 0 aromatic carbocycles. The summed E-state index contributed by atoms with van der Waals surface area (Å²) in [7, 11) is 1.60. The van der Waals surface area contributed by atoms with Crippen LogP contribution >= 0.6 is 0 Å². The molecule has 0 unspecified atom stereocenters. The van der Waals surface area contributed by atoms with E-state index >= 15 is 0 Å². The van der Waals surface area contributed by atoms with Gasteiger partial charge in [0.2, 0.25) is 0 Å². The van der Waals surface area contributed by atoms with Crippen molar-refractivity contribution in [3.63, 3.8) is 0 Å². The monoisotopic (exact) mass is 201 g/mol. The number of nitrogens with two attached hydrogens (primary N) is 1. The molecular formula is C11H11N3O. The normalized spacial score (nSPS) is 9.93. The standard InChI is InChI=1S/C11H11N3O/c1-15-9-4-8(5-14-6-9)10-7-13-3-2-11(10)12/h2-7H,1H3,(H2,12,13). The zero-order valence-corrected chi connectivity index (χ0v) is 8.34. The minimum Gasteiger partial charge on any atom is -0.495 e. The van der Waals surface area contributed by atoms with Crippen molar-refractivity contribution < 1.29 is 4.74 Å². The summed E-state index contributed by atoms with van der Waals surface area (Å²) in [5, 5.41) is 0. The lowest BCUT2D eigenvalue weighted by Crippen LogP contribution is -1.92. The van der Waals surface area contributed by atoms with E-state index in [9.17, 15) is 0 Å². The van der Waals surface area contributed by atoms with Gasteiger partial charge < -0.3 is 10.5 Å². The summed E-state index contributed by atoms with van der Waals surface area (Å²) >= 11 is 0. The first-order valence-electron chi connectivity index (χ1n) is 4.50. The maximum atomic E-state index is 5.84. The third-order valence-electron chi connectivity index (χ3n) is 2.11. The van der Waals surface area contributed by atoms with Crippen LogP contribution in [0.15, 0.2) is 36.9 Å². The van der Waals surface area contributed by atoms with Crippen molar-refractivity contribution in [2.45, 2.75) is 0 Å². The summed E-state index contributed by atoms with van der Waals surface area (Å²) in [6.45, 7) is 0. The van der Waals surface area contributed by atoms with E-state index in [4.69, 9.17) is 10.5 Å². The van der Waals surface area contributed by atoms with E-state index < -0.39 is 0 Å². The molecule has 0 spiro atoms. The van der Waals surface area contributed by atoms with Gasteiger partial charge in [0.25, 0.3) is 0 Å². The molecule has 15 heavy (non-hydrogen) atoms. The third kappa shape index (κ3) is 1.88. The second-order valence-electron chi connectivity index (χ2n) is 3.08. The van der Waals surface area contributed by atoms with Crippen LogP contribution in [0.3, 0.4) is 0 Å². The predicted molar refractivity (Wildman–Crippen MR) is 58.4 cm³/mol. The highest BCUT2D eigenvalue weighted by Gasteiger charge is 2.03. The first-order chi connectivity index (χ1) is 7.31. The maximum Gasteiger partial charge on any atom is 0.137 e. The van der Waals surface area contributed by atoms with Gasteiger partial charge in [-0.05, 0) is 12.1 Å². The number of nitrogens with zero attached hydrogens (tertiary/aromatic N) is 2. The Morgan fingerprint density at radius 1 is 1.20 bits per heavy atom. The quantitative estimate of drug-likeness (QED) is 0.803. The van der Waals surface area contributed by atoms with Crippen molar-refractivity contribution in [3.8, 4) is 16.9 Å². The number of nitrogen functional groups attached to an aromatic ring is 1. The fourth-order valence-electron chi connectivity index (χ4n) is 1.32. The van der Waals surface area contributed by atoms with Crippen molar-refractivity contribution in [2.75, 3.05) is 12.8 Å². The summed E-state index contributed by atoms with van der Waals surface area (Å²) in [6, 6.07) is 3.63. The topological polar surface area (TPSA) is 61.0 Å². The third-order valence-corrected chi connectivity index (χ3v) is 2.11. The van der Waals surface area contributed by atoms with Crippen molar-refractivity contribution in [1.82, 2.24) is 9.97 Å².